The summed E-state index contributed by atoms with van der Waals surface area (Å²) >= 11 is 0. The second kappa shape index (κ2) is 9.10. The van der Waals surface area contributed by atoms with Crippen molar-refractivity contribution < 1.29 is 34.4 Å². The highest BCUT2D eigenvalue weighted by Crippen LogP contribution is 2.00. The number of likely N-dealkylation sites (N-methyl/N-ethyl adjacent to an activating group) is 1. The molecule has 0 aromatic rings. The van der Waals surface area contributed by atoms with Gasteiger partial charge in [-0.2, -0.15) is 0 Å². The number of rotatable bonds is 9. The van der Waals surface area contributed by atoms with Gasteiger partial charge in [0.15, 0.2) is 0 Å². The van der Waals surface area contributed by atoms with Crippen LogP contribution in [-0.4, -0.2) is 77.6 Å². The number of methoxy groups -OCH3 is 1. The van der Waals surface area contributed by atoms with E-state index in [2.05, 4.69) is 5.32 Å². The van der Waals surface area contributed by atoms with Crippen LogP contribution in [0.2, 0.25) is 0 Å². The fourth-order valence-corrected chi connectivity index (χ4v) is 1.43. The molecule has 0 aliphatic heterocycles. The van der Waals surface area contributed by atoms with Gasteiger partial charge in [0.05, 0.1) is 19.3 Å². The second-order valence-electron chi connectivity index (χ2n) is 4.26. The first-order valence-corrected chi connectivity index (χ1v) is 5.91. The zero-order valence-corrected chi connectivity index (χ0v) is 11.4. The third kappa shape index (κ3) is 7.54. The van der Waals surface area contributed by atoms with Gasteiger partial charge in [-0.25, -0.2) is 9.59 Å². The first-order chi connectivity index (χ1) is 9.27. The number of carbonyl (C=O) groups is 3. The van der Waals surface area contributed by atoms with Gasteiger partial charge in [0, 0.05) is 20.6 Å². The van der Waals surface area contributed by atoms with E-state index >= 15 is 0 Å². The van der Waals surface area contributed by atoms with Gasteiger partial charge < -0.3 is 30.3 Å². The average molecular weight is 292 g/mol. The van der Waals surface area contributed by atoms with Crippen LogP contribution in [0.4, 0.5) is 4.79 Å². The number of carboxylic acid groups (broad SMARTS) is 2. The number of ether oxygens (including phenoxy) is 1. The maximum absolute atomic E-state index is 11.7. The molecule has 0 fully saturated rings. The average Bonchev–Trinajstić information content (AvgIpc) is 2.33. The predicted molar refractivity (Wildman–Crippen MR) is 67.3 cm³/mol. The number of aliphatic carboxylic acids is 2. The van der Waals surface area contributed by atoms with Gasteiger partial charge in [0.25, 0.3) is 0 Å². The molecule has 0 spiro atoms. The van der Waals surface area contributed by atoms with Gasteiger partial charge in [-0.15, -0.1) is 0 Å². The van der Waals surface area contributed by atoms with Crippen LogP contribution >= 0.6 is 0 Å². The molecule has 116 valence electrons. The fourth-order valence-electron chi connectivity index (χ4n) is 1.43. The van der Waals surface area contributed by atoms with Crippen LogP contribution in [0.15, 0.2) is 0 Å². The highest BCUT2D eigenvalue weighted by Gasteiger charge is 2.23. The molecule has 0 saturated carbocycles. The van der Waals surface area contributed by atoms with Crippen LogP contribution in [0.3, 0.4) is 0 Å². The lowest BCUT2D eigenvalue weighted by Gasteiger charge is -2.23. The van der Waals surface area contributed by atoms with Crippen LogP contribution in [0, 0.1) is 0 Å². The van der Waals surface area contributed by atoms with Gasteiger partial charge in [-0.3, -0.25) is 4.79 Å². The molecule has 1 unspecified atom stereocenters. The van der Waals surface area contributed by atoms with Crippen molar-refractivity contribution in [2.75, 3.05) is 27.3 Å². The molecule has 20 heavy (non-hydrogen) atoms. The molecule has 0 bridgehead atoms. The lowest BCUT2D eigenvalue weighted by Crippen LogP contribution is -2.48. The standard InChI is InChI=1S/C11H20N2O7/c1-13(5-7(14)6-20-2)11(19)12-8(10(17)18)3-4-9(15)16/h7-8,14H,3-6H2,1-2H3,(H,12,19)(H,15,16)(H,17,18)/t7?,8-/m0/s1. The minimum atomic E-state index is -1.31. The Morgan fingerprint density at radius 1 is 1.30 bits per heavy atom. The van der Waals surface area contributed by atoms with Gasteiger partial charge >= 0.3 is 18.0 Å². The van der Waals surface area contributed by atoms with E-state index in [4.69, 9.17) is 14.9 Å². The monoisotopic (exact) mass is 292 g/mol. The predicted octanol–water partition coefficient (Wildman–Crippen LogP) is -1.05. The van der Waals surface area contributed by atoms with Crippen LogP contribution in [0.1, 0.15) is 12.8 Å². The number of hydrogen-bond donors (Lipinski definition) is 4. The highest BCUT2D eigenvalue weighted by atomic mass is 16.5. The van der Waals surface area contributed by atoms with Crippen molar-refractivity contribution in [2.45, 2.75) is 25.0 Å². The number of carboxylic acids is 2. The number of carbonyl (C=O) groups excluding carboxylic acids is 1. The van der Waals surface area contributed by atoms with Crippen molar-refractivity contribution in [2.24, 2.45) is 0 Å². The van der Waals surface area contributed by atoms with Crippen molar-refractivity contribution in [1.29, 1.82) is 0 Å². The molecule has 0 saturated heterocycles. The molecule has 0 radical (unpaired) electrons. The van der Waals surface area contributed by atoms with Crippen molar-refractivity contribution in [3.05, 3.63) is 0 Å². The van der Waals surface area contributed by atoms with E-state index in [1.165, 1.54) is 14.2 Å². The van der Waals surface area contributed by atoms with E-state index in [0.29, 0.717) is 0 Å². The first-order valence-electron chi connectivity index (χ1n) is 5.91. The summed E-state index contributed by atoms with van der Waals surface area (Å²) in [7, 11) is 2.78. The summed E-state index contributed by atoms with van der Waals surface area (Å²) < 4.78 is 4.70. The van der Waals surface area contributed by atoms with Gasteiger partial charge in [-0.05, 0) is 6.42 Å². The van der Waals surface area contributed by atoms with E-state index in [1.54, 1.807) is 0 Å². The number of nitrogens with zero attached hydrogens (tertiary/aromatic N) is 1. The maximum atomic E-state index is 11.7. The highest BCUT2D eigenvalue weighted by molar-refractivity contribution is 5.82. The number of nitrogens with one attached hydrogen (secondary N) is 1. The van der Waals surface area contributed by atoms with Crippen LogP contribution < -0.4 is 5.32 Å². The Balaban J connectivity index is 4.36. The molecule has 4 N–H and O–H groups in total. The number of aliphatic hydroxyl groups excluding tert-OH is 1. The third-order valence-corrected chi connectivity index (χ3v) is 2.43. The minimum Gasteiger partial charge on any atom is -0.481 e. The topological polar surface area (TPSA) is 136 Å². The van der Waals surface area contributed by atoms with E-state index in [9.17, 15) is 19.5 Å². The number of hydrogen-bond acceptors (Lipinski definition) is 5. The van der Waals surface area contributed by atoms with E-state index in [0.717, 1.165) is 4.90 Å². The molecule has 2 atom stereocenters. The zero-order chi connectivity index (χ0) is 15.7. The summed E-state index contributed by atoms with van der Waals surface area (Å²) in [6, 6.07) is -2.00. The Morgan fingerprint density at radius 2 is 1.90 bits per heavy atom. The third-order valence-electron chi connectivity index (χ3n) is 2.43. The molecular formula is C11H20N2O7. The molecule has 0 aliphatic carbocycles. The number of urea groups is 1. The molecule has 9 nitrogen and oxygen atoms in total. The Hall–Kier alpha value is -1.87. The summed E-state index contributed by atoms with van der Waals surface area (Å²) in [5.41, 5.74) is 0. The van der Waals surface area contributed by atoms with Crippen molar-refractivity contribution >= 4 is 18.0 Å². The number of amides is 2. The SMILES string of the molecule is COCC(O)CN(C)C(=O)N[C@@H](CCC(=O)O)C(=O)O. The first kappa shape index (κ1) is 18.1. The lowest BCUT2D eigenvalue weighted by atomic mass is 10.1. The van der Waals surface area contributed by atoms with Crippen LogP contribution in [0.5, 0.6) is 0 Å². The second-order valence-corrected chi connectivity index (χ2v) is 4.26. The van der Waals surface area contributed by atoms with Crippen LogP contribution in [0.25, 0.3) is 0 Å². The summed E-state index contributed by atoms with van der Waals surface area (Å²) in [5, 5.41) is 29.0. The molecule has 9 heteroatoms. The quantitative estimate of drug-likeness (QED) is 0.425. The Bertz CT molecular complexity index is 348. The maximum Gasteiger partial charge on any atom is 0.326 e. The molecule has 0 heterocycles. The van der Waals surface area contributed by atoms with E-state index in [-0.39, 0.29) is 26.0 Å². The summed E-state index contributed by atoms with van der Waals surface area (Å²) in [4.78, 5) is 34.1. The minimum absolute atomic E-state index is 0.0368. The summed E-state index contributed by atoms with van der Waals surface area (Å²) in [5.74, 6) is -2.46. The summed E-state index contributed by atoms with van der Waals surface area (Å²) in [6.45, 7) is 0.00391. The molecule has 0 aromatic heterocycles. The fraction of sp³-hybridized carbons (Fsp3) is 0.727. The van der Waals surface area contributed by atoms with E-state index in [1.807, 2.05) is 0 Å². The van der Waals surface area contributed by atoms with E-state index < -0.39 is 30.1 Å². The van der Waals surface area contributed by atoms with Crippen LogP contribution in [-0.2, 0) is 14.3 Å². The molecule has 2 amide bonds. The number of aliphatic hydroxyl groups is 1. The molecular weight excluding hydrogens is 272 g/mol. The zero-order valence-electron chi connectivity index (χ0n) is 11.4. The van der Waals surface area contributed by atoms with Gasteiger partial charge in [-0.1, -0.05) is 0 Å². The summed E-state index contributed by atoms with van der Waals surface area (Å²) in [6.07, 6.45) is -1.48. The smallest absolute Gasteiger partial charge is 0.326 e. The Labute approximate surface area is 116 Å². The molecule has 0 aliphatic rings. The Morgan fingerprint density at radius 3 is 2.35 bits per heavy atom. The van der Waals surface area contributed by atoms with Gasteiger partial charge in [0.2, 0.25) is 0 Å². The van der Waals surface area contributed by atoms with Crippen molar-refractivity contribution in [1.82, 2.24) is 10.2 Å². The van der Waals surface area contributed by atoms with Crippen molar-refractivity contribution in [3.8, 4) is 0 Å². The van der Waals surface area contributed by atoms with Crippen molar-refractivity contribution in [3.63, 3.8) is 0 Å². The molecule has 0 aromatic carbocycles. The molecule has 0 rings (SSSR count). The largest absolute Gasteiger partial charge is 0.481 e. The normalized spacial score (nSPS) is 13.3. The Kier molecular flexibility index (Phi) is 8.25. The lowest BCUT2D eigenvalue weighted by molar-refractivity contribution is -0.140. The van der Waals surface area contributed by atoms with Gasteiger partial charge in [0.1, 0.15) is 6.04 Å².